The van der Waals surface area contributed by atoms with Crippen LogP contribution in [0.25, 0.3) is 0 Å². The van der Waals surface area contributed by atoms with Crippen molar-refractivity contribution < 1.29 is 18.0 Å². The van der Waals surface area contributed by atoms with Crippen molar-refractivity contribution in [3.63, 3.8) is 0 Å². The third-order valence-corrected chi connectivity index (χ3v) is 3.61. The predicted molar refractivity (Wildman–Crippen MR) is 100 cm³/mol. The molecule has 0 aliphatic rings. The van der Waals surface area contributed by atoms with Gasteiger partial charge in [-0.25, -0.2) is 18.2 Å². The molecule has 0 saturated heterocycles. The number of hydrogen-bond donors (Lipinski definition) is 3. The molecule has 1 aromatic heterocycles. The van der Waals surface area contributed by atoms with E-state index in [0.29, 0.717) is 17.1 Å². The molecule has 144 valence electrons. The van der Waals surface area contributed by atoms with Gasteiger partial charge in [0.05, 0.1) is 5.69 Å². The highest BCUT2D eigenvalue weighted by Crippen LogP contribution is 2.24. The van der Waals surface area contributed by atoms with Gasteiger partial charge < -0.3 is 16.0 Å². The van der Waals surface area contributed by atoms with E-state index in [4.69, 9.17) is 0 Å². The van der Waals surface area contributed by atoms with Gasteiger partial charge in [0, 0.05) is 30.1 Å². The molecule has 0 radical (unpaired) electrons. The van der Waals surface area contributed by atoms with Gasteiger partial charge in [0.2, 0.25) is 11.9 Å². The molecule has 2 aromatic carbocycles. The number of carbonyl (C=O) groups excluding carboxylic acids is 1. The number of aromatic nitrogens is 2. The number of halogens is 3. The lowest BCUT2D eigenvalue weighted by Gasteiger charge is -2.11. The molecule has 0 spiro atoms. The van der Waals surface area contributed by atoms with E-state index in [9.17, 15) is 18.0 Å². The van der Waals surface area contributed by atoms with Crippen LogP contribution in [0.3, 0.4) is 0 Å². The second-order valence-corrected chi connectivity index (χ2v) is 5.95. The molecule has 9 heteroatoms. The van der Waals surface area contributed by atoms with Crippen LogP contribution in [-0.2, 0) is 4.79 Å². The fraction of sp³-hybridized carbons (Fsp3) is 0.105. The van der Waals surface area contributed by atoms with Crippen LogP contribution in [0.4, 0.5) is 42.0 Å². The lowest BCUT2D eigenvalue weighted by atomic mass is 10.2. The first kappa shape index (κ1) is 19.2. The van der Waals surface area contributed by atoms with Crippen LogP contribution in [0.1, 0.15) is 12.6 Å². The molecule has 0 saturated carbocycles. The third-order valence-electron chi connectivity index (χ3n) is 3.61. The highest BCUT2D eigenvalue weighted by Gasteiger charge is 2.14. The van der Waals surface area contributed by atoms with Crippen molar-refractivity contribution in [3.05, 3.63) is 65.6 Å². The van der Waals surface area contributed by atoms with Gasteiger partial charge in [-0.15, -0.1) is 0 Å². The molecule has 0 bridgehead atoms. The minimum atomic E-state index is -1.56. The van der Waals surface area contributed by atoms with Crippen LogP contribution in [0.15, 0.2) is 42.5 Å². The summed E-state index contributed by atoms with van der Waals surface area (Å²) in [4.78, 5) is 19.5. The summed E-state index contributed by atoms with van der Waals surface area (Å²) in [7, 11) is 0. The van der Waals surface area contributed by atoms with Crippen LogP contribution in [0.5, 0.6) is 0 Å². The van der Waals surface area contributed by atoms with Crippen molar-refractivity contribution in [1.82, 2.24) is 9.97 Å². The van der Waals surface area contributed by atoms with Crippen molar-refractivity contribution in [3.8, 4) is 0 Å². The Labute approximate surface area is 158 Å². The van der Waals surface area contributed by atoms with E-state index in [1.54, 1.807) is 31.2 Å². The summed E-state index contributed by atoms with van der Waals surface area (Å²) < 4.78 is 40.3. The predicted octanol–water partition coefficient (Wildman–Crippen LogP) is 4.65. The number of rotatable bonds is 5. The maximum absolute atomic E-state index is 13.9. The Morgan fingerprint density at radius 1 is 0.893 bits per heavy atom. The zero-order chi connectivity index (χ0) is 20.3. The van der Waals surface area contributed by atoms with E-state index in [-0.39, 0.29) is 23.4 Å². The van der Waals surface area contributed by atoms with E-state index in [0.717, 1.165) is 12.1 Å². The Kier molecular flexibility index (Phi) is 5.44. The SMILES string of the molecule is CC(=O)Nc1ccc(Nc2nc(C)cc(Nc3ccc(F)c(F)c3F)n2)cc1. The average Bonchev–Trinajstić information content (AvgIpc) is 2.63. The summed E-state index contributed by atoms with van der Waals surface area (Å²) in [5, 5.41) is 8.26. The molecular formula is C19H16F3N5O. The summed E-state index contributed by atoms with van der Waals surface area (Å²) in [6.07, 6.45) is 0. The third kappa shape index (κ3) is 4.56. The van der Waals surface area contributed by atoms with Crippen molar-refractivity contribution in [1.29, 1.82) is 0 Å². The first-order chi connectivity index (χ1) is 13.3. The zero-order valence-corrected chi connectivity index (χ0v) is 15.0. The largest absolute Gasteiger partial charge is 0.338 e. The molecule has 0 aliphatic carbocycles. The van der Waals surface area contributed by atoms with Gasteiger partial charge in [-0.1, -0.05) is 0 Å². The Hall–Kier alpha value is -3.62. The lowest BCUT2D eigenvalue weighted by Crippen LogP contribution is -2.06. The highest BCUT2D eigenvalue weighted by molar-refractivity contribution is 5.88. The maximum atomic E-state index is 13.9. The minimum absolute atomic E-state index is 0.178. The monoisotopic (exact) mass is 387 g/mol. The second kappa shape index (κ2) is 7.95. The van der Waals surface area contributed by atoms with Gasteiger partial charge in [-0.2, -0.15) is 4.98 Å². The summed E-state index contributed by atoms with van der Waals surface area (Å²) in [6.45, 7) is 3.12. The molecular weight excluding hydrogens is 371 g/mol. The number of carbonyl (C=O) groups is 1. The Morgan fingerprint density at radius 3 is 2.25 bits per heavy atom. The van der Waals surface area contributed by atoms with Crippen molar-refractivity contribution >= 4 is 34.7 Å². The average molecular weight is 387 g/mol. The summed E-state index contributed by atoms with van der Waals surface area (Å²) >= 11 is 0. The molecule has 3 N–H and O–H groups in total. The molecule has 1 heterocycles. The van der Waals surface area contributed by atoms with Gasteiger partial charge in [0.25, 0.3) is 0 Å². The minimum Gasteiger partial charge on any atom is -0.338 e. The van der Waals surface area contributed by atoms with Gasteiger partial charge in [0.1, 0.15) is 5.82 Å². The highest BCUT2D eigenvalue weighted by atomic mass is 19.2. The van der Waals surface area contributed by atoms with Crippen molar-refractivity contribution in [2.75, 3.05) is 16.0 Å². The van der Waals surface area contributed by atoms with E-state index < -0.39 is 17.5 Å². The second-order valence-electron chi connectivity index (χ2n) is 5.95. The molecule has 0 fully saturated rings. The van der Waals surface area contributed by atoms with Crippen LogP contribution in [0, 0.1) is 24.4 Å². The molecule has 0 unspecified atom stereocenters. The van der Waals surface area contributed by atoms with Gasteiger partial charge in [0.15, 0.2) is 17.5 Å². The molecule has 1 amide bonds. The Bertz CT molecular complexity index is 1020. The molecule has 0 aliphatic heterocycles. The lowest BCUT2D eigenvalue weighted by molar-refractivity contribution is -0.114. The molecule has 6 nitrogen and oxygen atoms in total. The van der Waals surface area contributed by atoms with Crippen LogP contribution < -0.4 is 16.0 Å². The van der Waals surface area contributed by atoms with E-state index in [1.165, 1.54) is 13.0 Å². The molecule has 3 rings (SSSR count). The van der Waals surface area contributed by atoms with Crippen molar-refractivity contribution in [2.24, 2.45) is 0 Å². The first-order valence-corrected chi connectivity index (χ1v) is 8.22. The van der Waals surface area contributed by atoms with E-state index in [2.05, 4.69) is 25.9 Å². The van der Waals surface area contributed by atoms with Crippen LogP contribution >= 0.6 is 0 Å². The van der Waals surface area contributed by atoms with Crippen LogP contribution in [0.2, 0.25) is 0 Å². The number of hydrogen-bond acceptors (Lipinski definition) is 5. The Balaban J connectivity index is 1.80. The fourth-order valence-electron chi connectivity index (χ4n) is 2.42. The first-order valence-electron chi connectivity index (χ1n) is 8.22. The number of anilines is 5. The number of amides is 1. The summed E-state index contributed by atoms with van der Waals surface area (Å²) in [5.74, 6) is -3.92. The van der Waals surface area contributed by atoms with Gasteiger partial charge in [-0.05, 0) is 43.3 Å². The standard InChI is InChI=1S/C19H16F3N5O/c1-10-9-16(26-15-8-7-14(20)17(21)18(15)22)27-19(23-10)25-13-5-3-12(4-6-13)24-11(2)28/h3-9H,1-2H3,(H,24,28)(H2,23,25,26,27). The van der Waals surface area contributed by atoms with Crippen molar-refractivity contribution in [2.45, 2.75) is 13.8 Å². The number of nitrogens with one attached hydrogen (secondary N) is 3. The summed E-state index contributed by atoms with van der Waals surface area (Å²) in [6, 6.07) is 10.3. The van der Waals surface area contributed by atoms with E-state index >= 15 is 0 Å². The topological polar surface area (TPSA) is 78.9 Å². The number of benzene rings is 2. The van der Waals surface area contributed by atoms with Crippen LogP contribution in [-0.4, -0.2) is 15.9 Å². The summed E-state index contributed by atoms with van der Waals surface area (Å²) in [5.41, 5.74) is 1.62. The zero-order valence-electron chi connectivity index (χ0n) is 15.0. The van der Waals surface area contributed by atoms with Gasteiger partial charge >= 0.3 is 0 Å². The molecule has 28 heavy (non-hydrogen) atoms. The fourth-order valence-corrected chi connectivity index (χ4v) is 2.42. The van der Waals surface area contributed by atoms with Gasteiger partial charge in [-0.3, -0.25) is 4.79 Å². The van der Waals surface area contributed by atoms with E-state index in [1.807, 2.05) is 0 Å². The number of aryl methyl sites for hydroxylation is 1. The maximum Gasteiger partial charge on any atom is 0.229 e. The Morgan fingerprint density at radius 2 is 1.57 bits per heavy atom. The smallest absolute Gasteiger partial charge is 0.229 e. The number of nitrogens with zero attached hydrogens (tertiary/aromatic N) is 2. The molecule has 0 atom stereocenters. The quantitative estimate of drug-likeness (QED) is 0.556. The molecule has 3 aromatic rings. The normalized spacial score (nSPS) is 10.5.